The molecule has 0 unspecified atom stereocenters. The summed E-state index contributed by atoms with van der Waals surface area (Å²) in [6.45, 7) is 0.864. The Labute approximate surface area is 65.5 Å². The van der Waals surface area contributed by atoms with Crippen LogP contribution in [0.4, 0.5) is 0 Å². The Morgan fingerprint density at radius 1 is 1.18 bits per heavy atom. The molecule has 0 atom stereocenters. The second-order valence-corrected chi connectivity index (χ2v) is 1.87. The highest BCUT2D eigenvalue weighted by molar-refractivity contribution is 4.32. The Kier molecular flexibility index (Phi) is 7.76. The normalized spacial score (nSPS) is 10.9. The lowest BCUT2D eigenvalue weighted by molar-refractivity contribution is -0.108. The summed E-state index contributed by atoms with van der Waals surface area (Å²) in [5.74, 6) is 0. The zero-order valence-corrected chi connectivity index (χ0v) is 6.52. The molecule has 5 nitrogen and oxygen atoms in total. The van der Waals surface area contributed by atoms with Gasteiger partial charge in [0.25, 0.3) is 0 Å². The molecule has 0 spiro atoms. The maximum Gasteiger partial charge on any atom is 0.175 e. The summed E-state index contributed by atoms with van der Waals surface area (Å²) >= 11 is 0. The van der Waals surface area contributed by atoms with Crippen molar-refractivity contribution < 1.29 is 24.4 Å². The van der Waals surface area contributed by atoms with E-state index in [2.05, 4.69) is 4.74 Å². The monoisotopic (exact) mass is 166 g/mol. The van der Waals surface area contributed by atoms with E-state index in [9.17, 15) is 0 Å². The van der Waals surface area contributed by atoms with Crippen LogP contribution in [0.25, 0.3) is 0 Å². The fourth-order valence-corrected chi connectivity index (χ4v) is 0.449. The SMILES string of the molecule is COCOCCOCC(O)O. The third kappa shape index (κ3) is 9.80. The minimum absolute atomic E-state index is 0.0870. The Morgan fingerprint density at radius 2 is 1.82 bits per heavy atom. The third-order valence-electron chi connectivity index (χ3n) is 0.840. The summed E-state index contributed by atoms with van der Waals surface area (Å²) < 4.78 is 14.2. The Balaban J connectivity index is 2.80. The molecule has 5 heteroatoms. The number of ether oxygens (including phenoxy) is 3. The van der Waals surface area contributed by atoms with E-state index in [1.54, 1.807) is 0 Å². The summed E-state index contributed by atoms with van der Waals surface area (Å²) in [4.78, 5) is 0. The molecular weight excluding hydrogens is 152 g/mol. The van der Waals surface area contributed by atoms with Crippen LogP contribution in [0.1, 0.15) is 0 Å². The first-order chi connectivity index (χ1) is 5.27. The highest BCUT2D eigenvalue weighted by Gasteiger charge is 1.95. The van der Waals surface area contributed by atoms with Crippen molar-refractivity contribution in [1.82, 2.24) is 0 Å². The highest BCUT2D eigenvalue weighted by atomic mass is 16.7. The van der Waals surface area contributed by atoms with Gasteiger partial charge in [-0.1, -0.05) is 0 Å². The second-order valence-electron chi connectivity index (χ2n) is 1.87. The Morgan fingerprint density at radius 3 is 2.36 bits per heavy atom. The van der Waals surface area contributed by atoms with Crippen LogP contribution < -0.4 is 0 Å². The van der Waals surface area contributed by atoms with E-state index in [1.807, 2.05) is 0 Å². The van der Waals surface area contributed by atoms with Crippen LogP contribution in [0.3, 0.4) is 0 Å². The average Bonchev–Trinajstić information content (AvgIpc) is 1.96. The van der Waals surface area contributed by atoms with Crippen molar-refractivity contribution in [2.45, 2.75) is 6.29 Å². The molecule has 2 N–H and O–H groups in total. The topological polar surface area (TPSA) is 68.2 Å². The molecule has 0 aromatic heterocycles. The summed E-state index contributed by atoms with van der Waals surface area (Å²) in [6, 6.07) is 0. The van der Waals surface area contributed by atoms with E-state index in [-0.39, 0.29) is 13.4 Å². The fourth-order valence-electron chi connectivity index (χ4n) is 0.449. The highest BCUT2D eigenvalue weighted by Crippen LogP contribution is 1.81. The molecule has 0 amide bonds. The van der Waals surface area contributed by atoms with Crippen LogP contribution in [0.15, 0.2) is 0 Å². The predicted molar refractivity (Wildman–Crippen MR) is 36.9 cm³/mol. The van der Waals surface area contributed by atoms with Crippen LogP contribution in [0, 0.1) is 0 Å². The van der Waals surface area contributed by atoms with Gasteiger partial charge < -0.3 is 24.4 Å². The lowest BCUT2D eigenvalue weighted by atomic mass is 10.7. The van der Waals surface area contributed by atoms with Gasteiger partial charge in [-0.2, -0.15) is 0 Å². The summed E-state index contributed by atoms with van der Waals surface area (Å²) in [6.07, 6.45) is -1.41. The molecule has 0 aliphatic heterocycles. The lowest BCUT2D eigenvalue weighted by Crippen LogP contribution is -2.16. The van der Waals surface area contributed by atoms with Crippen LogP contribution >= 0.6 is 0 Å². The van der Waals surface area contributed by atoms with Crippen LogP contribution in [0.2, 0.25) is 0 Å². The quantitative estimate of drug-likeness (QED) is 0.372. The van der Waals surface area contributed by atoms with Gasteiger partial charge in [-0.15, -0.1) is 0 Å². The smallest absolute Gasteiger partial charge is 0.175 e. The fraction of sp³-hybridized carbons (Fsp3) is 1.00. The molecular formula is C6H14O5. The maximum absolute atomic E-state index is 8.32. The van der Waals surface area contributed by atoms with Gasteiger partial charge >= 0.3 is 0 Å². The van der Waals surface area contributed by atoms with E-state index in [1.165, 1.54) is 7.11 Å². The van der Waals surface area contributed by atoms with Gasteiger partial charge in [0.2, 0.25) is 0 Å². The minimum Gasteiger partial charge on any atom is -0.374 e. The minimum atomic E-state index is -1.41. The van der Waals surface area contributed by atoms with Gasteiger partial charge in [-0.05, 0) is 0 Å². The zero-order chi connectivity index (χ0) is 8.53. The van der Waals surface area contributed by atoms with Gasteiger partial charge in [-0.25, -0.2) is 0 Å². The molecule has 0 fully saturated rings. The van der Waals surface area contributed by atoms with Crippen molar-refractivity contribution in [2.24, 2.45) is 0 Å². The largest absolute Gasteiger partial charge is 0.374 e. The van der Waals surface area contributed by atoms with Gasteiger partial charge in [0, 0.05) is 7.11 Å². The molecule has 0 heterocycles. The third-order valence-corrected chi connectivity index (χ3v) is 0.840. The zero-order valence-electron chi connectivity index (χ0n) is 6.52. The van der Waals surface area contributed by atoms with Gasteiger partial charge in [0.15, 0.2) is 6.29 Å². The van der Waals surface area contributed by atoms with Crippen molar-refractivity contribution in [3.05, 3.63) is 0 Å². The van der Waals surface area contributed by atoms with E-state index in [4.69, 9.17) is 19.7 Å². The lowest BCUT2D eigenvalue weighted by Gasteiger charge is -2.05. The number of rotatable bonds is 7. The Hall–Kier alpha value is -0.200. The molecule has 0 bridgehead atoms. The molecule has 68 valence electrons. The number of aliphatic hydroxyl groups is 2. The summed E-state index contributed by atoms with van der Waals surface area (Å²) in [5.41, 5.74) is 0. The van der Waals surface area contributed by atoms with Crippen molar-refractivity contribution in [2.75, 3.05) is 33.7 Å². The molecule has 0 aromatic rings. The summed E-state index contributed by atoms with van der Waals surface area (Å²) in [5, 5.41) is 16.6. The average molecular weight is 166 g/mol. The predicted octanol–water partition coefficient (Wildman–Crippen LogP) is -1.07. The molecule has 0 aliphatic carbocycles. The number of methoxy groups -OCH3 is 1. The first kappa shape index (κ1) is 10.8. The van der Waals surface area contributed by atoms with Crippen LogP contribution in [-0.4, -0.2) is 50.2 Å². The molecule has 0 aliphatic rings. The van der Waals surface area contributed by atoms with E-state index < -0.39 is 6.29 Å². The first-order valence-corrected chi connectivity index (χ1v) is 3.28. The van der Waals surface area contributed by atoms with E-state index in [0.717, 1.165) is 0 Å². The van der Waals surface area contributed by atoms with Crippen LogP contribution in [-0.2, 0) is 14.2 Å². The maximum atomic E-state index is 8.32. The standard InChI is InChI=1S/C6H14O5/c1-9-5-11-3-2-10-4-6(7)8/h6-8H,2-5H2,1H3. The number of aliphatic hydroxyl groups excluding tert-OH is 1. The molecule has 11 heavy (non-hydrogen) atoms. The van der Waals surface area contributed by atoms with Gasteiger partial charge in [-0.3, -0.25) is 0 Å². The van der Waals surface area contributed by atoms with Gasteiger partial charge in [0.1, 0.15) is 6.79 Å². The second kappa shape index (κ2) is 7.90. The number of hydrogen-bond acceptors (Lipinski definition) is 5. The van der Waals surface area contributed by atoms with Gasteiger partial charge in [0.05, 0.1) is 19.8 Å². The molecule has 0 radical (unpaired) electrons. The molecule has 0 rings (SSSR count). The van der Waals surface area contributed by atoms with Crippen molar-refractivity contribution >= 4 is 0 Å². The van der Waals surface area contributed by atoms with E-state index in [0.29, 0.717) is 13.2 Å². The van der Waals surface area contributed by atoms with E-state index >= 15 is 0 Å². The van der Waals surface area contributed by atoms with Crippen molar-refractivity contribution in [3.8, 4) is 0 Å². The molecule has 0 saturated carbocycles. The van der Waals surface area contributed by atoms with Crippen molar-refractivity contribution in [3.63, 3.8) is 0 Å². The van der Waals surface area contributed by atoms with Crippen LogP contribution in [0.5, 0.6) is 0 Å². The first-order valence-electron chi connectivity index (χ1n) is 3.28. The molecule has 0 aromatic carbocycles. The molecule has 0 saturated heterocycles. The Bertz CT molecular complexity index is 75.4. The number of hydrogen-bond donors (Lipinski definition) is 2. The van der Waals surface area contributed by atoms with Crippen molar-refractivity contribution in [1.29, 1.82) is 0 Å². The summed E-state index contributed by atoms with van der Waals surface area (Å²) in [7, 11) is 1.53.